The van der Waals surface area contributed by atoms with E-state index in [1.807, 2.05) is 0 Å². The first kappa shape index (κ1) is 22.7. The third-order valence-corrected chi connectivity index (χ3v) is 6.15. The van der Waals surface area contributed by atoms with E-state index >= 15 is 0 Å². The Labute approximate surface area is 177 Å². The Morgan fingerprint density at radius 2 is 1.93 bits per heavy atom. The monoisotopic (exact) mass is 421 g/mol. The van der Waals surface area contributed by atoms with Crippen LogP contribution in [0.5, 0.6) is 0 Å². The minimum Gasteiger partial charge on any atom is -0.388 e. The molecule has 2 saturated heterocycles. The summed E-state index contributed by atoms with van der Waals surface area (Å²) < 4.78 is 19.0. The lowest BCUT2D eigenvalue weighted by Crippen LogP contribution is -2.63. The Balaban J connectivity index is 1.40. The minimum atomic E-state index is -1.02. The molecule has 0 aromatic heterocycles. The third-order valence-electron chi connectivity index (χ3n) is 6.15. The summed E-state index contributed by atoms with van der Waals surface area (Å²) in [6.45, 7) is 5.74. The smallest absolute Gasteiger partial charge is 0.234 e. The first-order valence-corrected chi connectivity index (χ1v) is 10.5. The van der Waals surface area contributed by atoms with Crippen molar-refractivity contribution in [1.82, 2.24) is 15.5 Å². The molecule has 0 aliphatic carbocycles. The lowest BCUT2D eigenvalue weighted by atomic mass is 9.75. The highest BCUT2D eigenvalue weighted by atomic mass is 19.1. The number of hydrogen-bond acceptors (Lipinski definition) is 5. The number of amides is 2. The molecule has 30 heavy (non-hydrogen) atoms. The fourth-order valence-electron chi connectivity index (χ4n) is 4.40. The second kappa shape index (κ2) is 9.41. The number of hydrogen-bond donors (Lipinski definition) is 3. The first-order valence-electron chi connectivity index (χ1n) is 10.5. The van der Waals surface area contributed by atoms with E-state index in [4.69, 9.17) is 4.74 Å². The standard InChI is InChI=1S/C22H32FN3O4/c1-16(27)25-19-14-30-22(15-21(19,2)29)8-11-26(12-9-22)13-20(28)24-10-7-17-3-5-18(23)6-4-17/h3-6,19,29H,7-15H2,1-2H3,(H,24,28)(H,25,27)/t19-,21-/m0/s1. The average molecular weight is 422 g/mol. The molecule has 8 heteroatoms. The summed E-state index contributed by atoms with van der Waals surface area (Å²) in [5.41, 5.74) is -0.451. The van der Waals surface area contributed by atoms with Crippen LogP contribution in [-0.2, 0) is 20.7 Å². The summed E-state index contributed by atoms with van der Waals surface area (Å²) in [5.74, 6) is -0.477. The summed E-state index contributed by atoms with van der Waals surface area (Å²) in [4.78, 5) is 25.7. The zero-order chi connectivity index (χ0) is 21.8. The molecule has 0 saturated carbocycles. The number of carbonyl (C=O) groups is 2. The van der Waals surface area contributed by atoms with Gasteiger partial charge < -0.3 is 20.5 Å². The third kappa shape index (κ3) is 6.00. The Morgan fingerprint density at radius 3 is 2.53 bits per heavy atom. The highest BCUT2D eigenvalue weighted by molar-refractivity contribution is 5.78. The number of aliphatic hydroxyl groups is 1. The molecule has 7 nitrogen and oxygen atoms in total. The Morgan fingerprint density at radius 1 is 1.27 bits per heavy atom. The van der Waals surface area contributed by atoms with Crippen LogP contribution >= 0.6 is 0 Å². The summed E-state index contributed by atoms with van der Waals surface area (Å²) >= 11 is 0. The van der Waals surface area contributed by atoms with Crippen LogP contribution in [0, 0.1) is 5.82 Å². The number of benzene rings is 1. The topological polar surface area (TPSA) is 90.9 Å². The van der Waals surface area contributed by atoms with Crippen molar-refractivity contribution in [3.05, 3.63) is 35.6 Å². The van der Waals surface area contributed by atoms with E-state index in [1.54, 1.807) is 19.1 Å². The van der Waals surface area contributed by atoms with Crippen molar-refractivity contribution >= 4 is 11.8 Å². The summed E-state index contributed by atoms with van der Waals surface area (Å²) in [7, 11) is 0. The summed E-state index contributed by atoms with van der Waals surface area (Å²) in [6.07, 6.45) is 2.59. The van der Waals surface area contributed by atoms with Crippen LogP contribution in [0.3, 0.4) is 0 Å². The maximum absolute atomic E-state index is 12.9. The molecule has 2 aliphatic rings. The second-order valence-electron chi connectivity index (χ2n) is 8.78. The van der Waals surface area contributed by atoms with E-state index in [1.165, 1.54) is 19.1 Å². The van der Waals surface area contributed by atoms with Gasteiger partial charge in [-0.15, -0.1) is 0 Å². The van der Waals surface area contributed by atoms with Gasteiger partial charge >= 0.3 is 0 Å². The maximum atomic E-state index is 12.9. The minimum absolute atomic E-state index is 0.0321. The molecule has 0 bridgehead atoms. The zero-order valence-electron chi connectivity index (χ0n) is 17.7. The predicted molar refractivity (Wildman–Crippen MR) is 110 cm³/mol. The number of carbonyl (C=O) groups excluding carboxylic acids is 2. The van der Waals surface area contributed by atoms with E-state index in [2.05, 4.69) is 15.5 Å². The molecule has 1 aromatic carbocycles. The molecule has 2 amide bonds. The number of ether oxygens (including phenoxy) is 1. The fraction of sp³-hybridized carbons (Fsp3) is 0.636. The van der Waals surface area contributed by atoms with E-state index in [0.29, 0.717) is 39.0 Å². The number of piperidine rings is 1. The molecule has 2 heterocycles. The van der Waals surface area contributed by atoms with Gasteiger partial charge in [0.05, 0.1) is 30.4 Å². The van der Waals surface area contributed by atoms with Gasteiger partial charge in [-0.3, -0.25) is 14.5 Å². The highest BCUT2D eigenvalue weighted by Gasteiger charge is 2.49. The highest BCUT2D eigenvalue weighted by Crippen LogP contribution is 2.39. The molecule has 2 atom stereocenters. The van der Waals surface area contributed by atoms with Gasteiger partial charge in [0.25, 0.3) is 0 Å². The Bertz CT molecular complexity index is 745. The van der Waals surface area contributed by atoms with Gasteiger partial charge in [0, 0.05) is 33.0 Å². The summed E-state index contributed by atoms with van der Waals surface area (Å²) in [6, 6.07) is 5.88. The van der Waals surface area contributed by atoms with Crippen molar-refractivity contribution < 1.29 is 23.8 Å². The van der Waals surface area contributed by atoms with Crippen LogP contribution in [-0.4, -0.2) is 71.9 Å². The van der Waals surface area contributed by atoms with Gasteiger partial charge in [-0.2, -0.15) is 0 Å². The predicted octanol–water partition coefficient (Wildman–Crippen LogP) is 0.995. The van der Waals surface area contributed by atoms with E-state index < -0.39 is 17.2 Å². The van der Waals surface area contributed by atoms with Crippen molar-refractivity contribution in [3.63, 3.8) is 0 Å². The first-order chi connectivity index (χ1) is 14.2. The zero-order valence-corrected chi connectivity index (χ0v) is 17.7. The molecule has 2 aliphatic heterocycles. The van der Waals surface area contributed by atoms with Crippen LogP contribution in [0.25, 0.3) is 0 Å². The lowest BCUT2D eigenvalue weighted by Gasteiger charge is -2.51. The molecule has 1 aromatic rings. The van der Waals surface area contributed by atoms with Crippen molar-refractivity contribution in [1.29, 1.82) is 0 Å². The molecular weight excluding hydrogens is 389 g/mol. The van der Waals surface area contributed by atoms with Crippen LogP contribution in [0.15, 0.2) is 24.3 Å². The molecule has 166 valence electrons. The molecule has 0 radical (unpaired) electrons. The molecule has 3 N–H and O–H groups in total. The number of nitrogens with zero attached hydrogens (tertiary/aromatic N) is 1. The van der Waals surface area contributed by atoms with Gasteiger partial charge in [0.15, 0.2) is 0 Å². The largest absolute Gasteiger partial charge is 0.388 e. The van der Waals surface area contributed by atoms with Gasteiger partial charge in [-0.25, -0.2) is 4.39 Å². The van der Waals surface area contributed by atoms with E-state index in [9.17, 15) is 19.1 Å². The maximum Gasteiger partial charge on any atom is 0.234 e. The van der Waals surface area contributed by atoms with Crippen LogP contribution in [0.4, 0.5) is 4.39 Å². The number of halogens is 1. The second-order valence-corrected chi connectivity index (χ2v) is 8.78. The number of rotatable bonds is 6. The van der Waals surface area contributed by atoms with Crippen molar-refractivity contribution in [2.45, 2.75) is 56.8 Å². The van der Waals surface area contributed by atoms with Crippen LogP contribution in [0.2, 0.25) is 0 Å². The molecular formula is C22H32FN3O4. The van der Waals surface area contributed by atoms with Gasteiger partial charge in [0.2, 0.25) is 11.8 Å². The number of likely N-dealkylation sites (tertiary alicyclic amines) is 1. The van der Waals surface area contributed by atoms with Crippen molar-refractivity contribution in [2.75, 3.05) is 32.8 Å². The van der Waals surface area contributed by atoms with Gasteiger partial charge in [0.1, 0.15) is 5.82 Å². The Kier molecular flexibility index (Phi) is 7.10. The van der Waals surface area contributed by atoms with Gasteiger partial charge in [-0.05, 0) is 43.9 Å². The lowest BCUT2D eigenvalue weighted by molar-refractivity contribution is -0.189. The van der Waals surface area contributed by atoms with Crippen LogP contribution in [0.1, 0.15) is 38.7 Å². The van der Waals surface area contributed by atoms with Gasteiger partial charge in [-0.1, -0.05) is 12.1 Å². The summed E-state index contributed by atoms with van der Waals surface area (Å²) in [5, 5.41) is 16.5. The molecule has 0 unspecified atom stereocenters. The van der Waals surface area contributed by atoms with Crippen molar-refractivity contribution in [2.24, 2.45) is 0 Å². The van der Waals surface area contributed by atoms with Crippen molar-refractivity contribution in [3.8, 4) is 0 Å². The van der Waals surface area contributed by atoms with Crippen LogP contribution < -0.4 is 10.6 Å². The van der Waals surface area contributed by atoms with E-state index in [-0.39, 0.29) is 24.2 Å². The quantitative estimate of drug-likeness (QED) is 0.638. The molecule has 3 rings (SSSR count). The Hall–Kier alpha value is -2.03. The number of nitrogens with one attached hydrogen (secondary N) is 2. The van der Waals surface area contributed by atoms with E-state index in [0.717, 1.165) is 18.4 Å². The SMILES string of the molecule is CC(=O)N[C@H]1COC2(CCN(CC(=O)NCCc3ccc(F)cc3)CC2)C[C@]1(C)O. The fourth-order valence-corrected chi connectivity index (χ4v) is 4.40. The molecule has 2 fully saturated rings. The average Bonchev–Trinajstić information content (AvgIpc) is 2.67. The normalized spacial score (nSPS) is 26.3. The molecule has 1 spiro atoms.